The fourth-order valence-corrected chi connectivity index (χ4v) is 4.28. The zero-order valence-electron chi connectivity index (χ0n) is 16.2. The predicted molar refractivity (Wildman–Crippen MR) is 107 cm³/mol. The molecule has 7 nitrogen and oxygen atoms in total. The monoisotopic (exact) mass is 387 g/mol. The Kier molecular flexibility index (Phi) is 4.49. The molecule has 4 aromatic rings. The molecule has 1 aliphatic heterocycles. The van der Waals surface area contributed by atoms with Crippen LogP contribution in [0.1, 0.15) is 49.3 Å². The number of benzene rings is 1. The molecule has 1 aliphatic rings. The van der Waals surface area contributed by atoms with Gasteiger partial charge in [-0.1, -0.05) is 12.1 Å². The summed E-state index contributed by atoms with van der Waals surface area (Å²) in [6, 6.07) is 10.0. The van der Waals surface area contributed by atoms with Crippen molar-refractivity contribution in [3.8, 4) is 6.07 Å². The molecule has 1 aromatic carbocycles. The Balaban J connectivity index is 1.74. The maximum absolute atomic E-state index is 9.40. The number of hydrogen-bond acceptors (Lipinski definition) is 6. The highest BCUT2D eigenvalue weighted by Gasteiger charge is 2.27. The van der Waals surface area contributed by atoms with E-state index in [1.165, 1.54) is 0 Å². The van der Waals surface area contributed by atoms with Crippen molar-refractivity contribution in [2.75, 3.05) is 6.61 Å². The molecular formula is C22H21N5O2. The van der Waals surface area contributed by atoms with Gasteiger partial charge in [-0.3, -0.25) is 4.98 Å². The minimum Gasteiger partial charge on any atom is -0.378 e. The van der Waals surface area contributed by atoms with Crippen LogP contribution in [0.5, 0.6) is 0 Å². The predicted octanol–water partition coefficient (Wildman–Crippen LogP) is 4.17. The van der Waals surface area contributed by atoms with Crippen molar-refractivity contribution in [1.29, 1.82) is 5.26 Å². The number of ether oxygens (including phenoxy) is 1. The van der Waals surface area contributed by atoms with Crippen molar-refractivity contribution in [2.24, 2.45) is 0 Å². The van der Waals surface area contributed by atoms with Gasteiger partial charge in [0.2, 0.25) is 0 Å². The molecule has 146 valence electrons. The standard InChI is InChI=1S/C22H21N5O2/c1-2-17-11-16(6-7-28-17)27-21(10-15-5-8-29-26-15)25-20-13-24-19-4-3-14(12-23)9-18(19)22(20)27/h3-5,8-9,13,16-17H,2,6-7,10-11H2,1H3/t16?,17-/m1/s1. The zero-order chi connectivity index (χ0) is 19.8. The van der Waals surface area contributed by atoms with Crippen molar-refractivity contribution in [1.82, 2.24) is 19.7 Å². The summed E-state index contributed by atoms with van der Waals surface area (Å²) >= 11 is 0. The summed E-state index contributed by atoms with van der Waals surface area (Å²) in [6.07, 6.45) is 7.09. The summed E-state index contributed by atoms with van der Waals surface area (Å²) in [5.41, 5.74) is 4.20. The highest BCUT2D eigenvalue weighted by molar-refractivity contribution is 6.02. The minimum absolute atomic E-state index is 0.244. The number of fused-ring (bicyclic) bond motifs is 3. The summed E-state index contributed by atoms with van der Waals surface area (Å²) < 4.78 is 13.3. The van der Waals surface area contributed by atoms with Gasteiger partial charge in [0.05, 0.1) is 47.1 Å². The van der Waals surface area contributed by atoms with E-state index in [0.717, 1.165) is 59.3 Å². The molecule has 5 rings (SSSR count). The summed E-state index contributed by atoms with van der Waals surface area (Å²) in [5.74, 6) is 0.937. The number of nitriles is 1. The summed E-state index contributed by atoms with van der Waals surface area (Å²) in [7, 11) is 0. The van der Waals surface area contributed by atoms with E-state index in [1.807, 2.05) is 24.4 Å². The van der Waals surface area contributed by atoms with E-state index in [2.05, 4.69) is 27.7 Å². The summed E-state index contributed by atoms with van der Waals surface area (Å²) in [4.78, 5) is 9.48. The number of imidazole rings is 1. The van der Waals surface area contributed by atoms with Gasteiger partial charge in [0.25, 0.3) is 0 Å². The normalized spacial score (nSPS) is 19.6. The molecule has 0 N–H and O–H groups in total. The lowest BCUT2D eigenvalue weighted by Gasteiger charge is -2.31. The Bertz CT molecular complexity index is 1210. The molecule has 0 spiro atoms. The SMILES string of the molecule is CC[C@@H]1CC(n2c(Cc3ccon3)nc3cnc4ccc(C#N)cc4c32)CCO1. The van der Waals surface area contributed by atoms with Gasteiger partial charge in [0, 0.05) is 24.1 Å². The van der Waals surface area contributed by atoms with Crippen LogP contribution in [0.2, 0.25) is 0 Å². The van der Waals surface area contributed by atoms with Crippen LogP contribution >= 0.6 is 0 Å². The zero-order valence-corrected chi connectivity index (χ0v) is 16.2. The van der Waals surface area contributed by atoms with Crippen LogP contribution in [-0.4, -0.2) is 32.4 Å². The number of pyridine rings is 1. The number of aromatic nitrogens is 4. The van der Waals surface area contributed by atoms with E-state index in [4.69, 9.17) is 14.2 Å². The highest BCUT2D eigenvalue weighted by atomic mass is 16.5. The van der Waals surface area contributed by atoms with Crippen molar-refractivity contribution in [3.63, 3.8) is 0 Å². The molecule has 4 heterocycles. The second-order valence-electron chi connectivity index (χ2n) is 7.48. The maximum Gasteiger partial charge on any atom is 0.124 e. The van der Waals surface area contributed by atoms with Gasteiger partial charge in [-0.05, 0) is 37.5 Å². The van der Waals surface area contributed by atoms with Gasteiger partial charge in [-0.15, -0.1) is 0 Å². The number of rotatable bonds is 4. The van der Waals surface area contributed by atoms with E-state index in [1.54, 1.807) is 12.3 Å². The molecule has 0 saturated carbocycles. The third kappa shape index (κ3) is 3.15. The van der Waals surface area contributed by atoms with E-state index in [9.17, 15) is 5.26 Å². The first-order valence-corrected chi connectivity index (χ1v) is 9.97. The van der Waals surface area contributed by atoms with Crippen LogP contribution in [0.4, 0.5) is 0 Å². The molecule has 3 aromatic heterocycles. The van der Waals surface area contributed by atoms with E-state index in [-0.39, 0.29) is 12.1 Å². The molecule has 29 heavy (non-hydrogen) atoms. The van der Waals surface area contributed by atoms with Crippen LogP contribution in [0.3, 0.4) is 0 Å². The first-order chi connectivity index (χ1) is 14.3. The number of nitrogens with zero attached hydrogens (tertiary/aromatic N) is 5. The fourth-order valence-electron chi connectivity index (χ4n) is 4.28. The highest BCUT2D eigenvalue weighted by Crippen LogP contribution is 2.35. The first-order valence-electron chi connectivity index (χ1n) is 9.97. The lowest BCUT2D eigenvalue weighted by Crippen LogP contribution is -2.28. The van der Waals surface area contributed by atoms with Crippen molar-refractivity contribution in [2.45, 2.75) is 44.8 Å². The van der Waals surface area contributed by atoms with Crippen LogP contribution in [0.15, 0.2) is 41.2 Å². The summed E-state index contributed by atoms with van der Waals surface area (Å²) in [5, 5.41) is 14.4. The van der Waals surface area contributed by atoms with Crippen LogP contribution in [0.25, 0.3) is 21.9 Å². The topological polar surface area (TPSA) is 89.8 Å². The third-order valence-corrected chi connectivity index (χ3v) is 5.71. The van der Waals surface area contributed by atoms with Crippen molar-refractivity contribution in [3.05, 3.63) is 53.8 Å². The van der Waals surface area contributed by atoms with Gasteiger partial charge in [0.1, 0.15) is 17.6 Å². The fraction of sp³-hybridized carbons (Fsp3) is 0.364. The molecule has 0 aliphatic carbocycles. The lowest BCUT2D eigenvalue weighted by molar-refractivity contribution is -0.00678. The molecule has 1 fully saturated rings. The van der Waals surface area contributed by atoms with E-state index >= 15 is 0 Å². The van der Waals surface area contributed by atoms with Gasteiger partial charge in [-0.2, -0.15) is 5.26 Å². The average Bonchev–Trinajstić information content (AvgIpc) is 3.41. The smallest absolute Gasteiger partial charge is 0.124 e. The Morgan fingerprint density at radius 2 is 2.21 bits per heavy atom. The Hall–Kier alpha value is -3.24. The van der Waals surface area contributed by atoms with Gasteiger partial charge < -0.3 is 13.8 Å². The molecule has 2 atom stereocenters. The van der Waals surface area contributed by atoms with Gasteiger partial charge >= 0.3 is 0 Å². The van der Waals surface area contributed by atoms with Crippen LogP contribution in [-0.2, 0) is 11.2 Å². The first kappa shape index (κ1) is 17.8. The third-order valence-electron chi connectivity index (χ3n) is 5.71. The Morgan fingerprint density at radius 3 is 3.00 bits per heavy atom. The molecule has 0 radical (unpaired) electrons. The lowest BCUT2D eigenvalue weighted by atomic mass is 10.0. The second kappa shape index (κ2) is 7.30. The molecule has 0 bridgehead atoms. The Labute approximate surface area is 167 Å². The van der Waals surface area contributed by atoms with Crippen molar-refractivity contribution >= 4 is 21.9 Å². The summed E-state index contributed by atoms with van der Waals surface area (Å²) in [6.45, 7) is 2.90. The minimum atomic E-state index is 0.244. The quantitative estimate of drug-likeness (QED) is 0.522. The molecule has 1 unspecified atom stereocenters. The van der Waals surface area contributed by atoms with Crippen molar-refractivity contribution < 1.29 is 9.26 Å². The second-order valence-corrected chi connectivity index (χ2v) is 7.48. The molecule has 7 heteroatoms. The average molecular weight is 387 g/mol. The van der Waals surface area contributed by atoms with E-state index < -0.39 is 0 Å². The molecule has 0 amide bonds. The molecule has 1 saturated heterocycles. The van der Waals surface area contributed by atoms with Crippen LogP contribution in [0, 0.1) is 11.3 Å². The van der Waals surface area contributed by atoms with Gasteiger partial charge in [-0.25, -0.2) is 4.98 Å². The largest absolute Gasteiger partial charge is 0.378 e. The Morgan fingerprint density at radius 1 is 1.28 bits per heavy atom. The van der Waals surface area contributed by atoms with Gasteiger partial charge in [0.15, 0.2) is 0 Å². The maximum atomic E-state index is 9.40. The molecular weight excluding hydrogens is 366 g/mol. The number of hydrogen-bond donors (Lipinski definition) is 0. The van der Waals surface area contributed by atoms with Crippen LogP contribution < -0.4 is 0 Å². The van der Waals surface area contributed by atoms with E-state index in [0.29, 0.717) is 12.0 Å².